The maximum Gasteiger partial charge on any atom is 0.338 e. The van der Waals surface area contributed by atoms with Crippen LogP contribution in [0.3, 0.4) is 0 Å². The van der Waals surface area contributed by atoms with Gasteiger partial charge in [-0.2, -0.15) is 4.31 Å². The lowest BCUT2D eigenvalue weighted by molar-refractivity contribution is 0.0472. The number of hydrogen-bond acceptors (Lipinski definition) is 7. The van der Waals surface area contributed by atoms with Gasteiger partial charge in [0.25, 0.3) is 0 Å². The minimum Gasteiger partial charge on any atom is -0.457 e. The lowest BCUT2D eigenvalue weighted by atomic mass is 10.1. The third-order valence-corrected chi connectivity index (χ3v) is 8.91. The summed E-state index contributed by atoms with van der Waals surface area (Å²) >= 11 is 0. The first-order chi connectivity index (χ1) is 15.0. The van der Waals surface area contributed by atoms with Gasteiger partial charge in [0.1, 0.15) is 6.61 Å². The monoisotopic (exact) mass is 482 g/mol. The zero-order chi connectivity index (χ0) is 23.5. The molecule has 0 bridgehead atoms. The van der Waals surface area contributed by atoms with Crippen LogP contribution in [-0.4, -0.2) is 71.8 Å². The van der Waals surface area contributed by atoms with Crippen LogP contribution in [0.5, 0.6) is 0 Å². The van der Waals surface area contributed by atoms with Gasteiger partial charge in [-0.3, -0.25) is 0 Å². The van der Waals surface area contributed by atoms with E-state index in [1.165, 1.54) is 42.7 Å². The van der Waals surface area contributed by atoms with Crippen LogP contribution in [-0.2, 0) is 36.1 Å². The molecule has 1 saturated heterocycles. The number of ether oxygens (including phenoxy) is 2. The fourth-order valence-electron chi connectivity index (χ4n) is 3.17. The van der Waals surface area contributed by atoms with Crippen molar-refractivity contribution < 1.29 is 31.1 Å². The molecular formula is C21H26N2O7S2. The standard InChI is InChI=1S/C21H26N2O7S2/c1-16-7-8-18(14-20(16)32(27,28)23-9-11-29-12-10-23)21(24)30-15-17-5-4-6-19(13-17)31(25,26)22(2)3/h4-8,13-14H,9-12,15H2,1-3H3. The van der Waals surface area contributed by atoms with E-state index in [1.54, 1.807) is 25.1 Å². The summed E-state index contributed by atoms with van der Waals surface area (Å²) in [5.74, 6) is -0.704. The molecule has 0 saturated carbocycles. The van der Waals surface area contributed by atoms with Crippen molar-refractivity contribution in [2.24, 2.45) is 0 Å². The van der Waals surface area contributed by atoms with E-state index in [9.17, 15) is 21.6 Å². The highest BCUT2D eigenvalue weighted by Crippen LogP contribution is 2.23. The van der Waals surface area contributed by atoms with Crippen molar-refractivity contribution in [2.75, 3.05) is 40.4 Å². The van der Waals surface area contributed by atoms with Crippen molar-refractivity contribution in [1.82, 2.24) is 8.61 Å². The van der Waals surface area contributed by atoms with Gasteiger partial charge in [-0.15, -0.1) is 0 Å². The van der Waals surface area contributed by atoms with Crippen molar-refractivity contribution >= 4 is 26.0 Å². The van der Waals surface area contributed by atoms with Gasteiger partial charge >= 0.3 is 5.97 Å². The molecule has 9 nitrogen and oxygen atoms in total. The second-order valence-corrected chi connectivity index (χ2v) is 11.6. The van der Waals surface area contributed by atoms with E-state index in [1.807, 2.05) is 0 Å². The Kier molecular flexibility index (Phi) is 7.36. The van der Waals surface area contributed by atoms with Gasteiger partial charge in [0, 0.05) is 27.2 Å². The van der Waals surface area contributed by atoms with Crippen LogP contribution in [0.2, 0.25) is 0 Å². The van der Waals surface area contributed by atoms with Gasteiger partial charge < -0.3 is 9.47 Å². The van der Waals surface area contributed by atoms with Gasteiger partial charge in [-0.1, -0.05) is 18.2 Å². The number of esters is 1. The first kappa shape index (κ1) is 24.3. The molecule has 3 rings (SSSR count). The molecule has 11 heteroatoms. The lowest BCUT2D eigenvalue weighted by Crippen LogP contribution is -2.40. The highest BCUT2D eigenvalue weighted by atomic mass is 32.2. The van der Waals surface area contributed by atoms with E-state index in [4.69, 9.17) is 9.47 Å². The summed E-state index contributed by atoms with van der Waals surface area (Å²) in [5, 5.41) is 0. The largest absolute Gasteiger partial charge is 0.457 e. The molecule has 2 aromatic rings. The zero-order valence-corrected chi connectivity index (χ0v) is 19.8. The van der Waals surface area contributed by atoms with Gasteiger partial charge in [-0.25, -0.2) is 25.9 Å². The number of hydrogen-bond donors (Lipinski definition) is 0. The minimum atomic E-state index is -3.77. The Bertz CT molecular complexity index is 1200. The molecule has 1 fully saturated rings. The molecule has 0 unspecified atom stereocenters. The SMILES string of the molecule is Cc1ccc(C(=O)OCc2cccc(S(=O)(=O)N(C)C)c2)cc1S(=O)(=O)N1CCOCC1. The molecule has 0 spiro atoms. The smallest absolute Gasteiger partial charge is 0.338 e. The Hall–Kier alpha value is -2.31. The average Bonchev–Trinajstić information content (AvgIpc) is 2.78. The third kappa shape index (κ3) is 5.18. The van der Waals surface area contributed by atoms with E-state index < -0.39 is 26.0 Å². The molecule has 0 aliphatic carbocycles. The zero-order valence-electron chi connectivity index (χ0n) is 18.1. The average molecular weight is 483 g/mol. The normalized spacial score (nSPS) is 15.6. The van der Waals surface area contributed by atoms with Crippen molar-refractivity contribution in [2.45, 2.75) is 23.3 Å². The van der Waals surface area contributed by atoms with Crippen LogP contribution >= 0.6 is 0 Å². The first-order valence-corrected chi connectivity index (χ1v) is 12.8. The van der Waals surface area contributed by atoms with Crippen molar-refractivity contribution in [3.05, 3.63) is 59.2 Å². The van der Waals surface area contributed by atoms with E-state index in [2.05, 4.69) is 0 Å². The predicted molar refractivity (Wildman–Crippen MR) is 117 cm³/mol. The van der Waals surface area contributed by atoms with Crippen LogP contribution in [0, 0.1) is 6.92 Å². The summed E-state index contributed by atoms with van der Waals surface area (Å²) in [7, 11) is -4.52. The summed E-state index contributed by atoms with van der Waals surface area (Å²) in [6.07, 6.45) is 0. The fourth-order valence-corrected chi connectivity index (χ4v) is 5.80. The summed E-state index contributed by atoms with van der Waals surface area (Å²) in [4.78, 5) is 12.7. The van der Waals surface area contributed by atoms with Gasteiger partial charge in [0.05, 0.1) is 28.6 Å². The highest BCUT2D eigenvalue weighted by Gasteiger charge is 2.28. The number of carbonyl (C=O) groups excluding carboxylic acids is 1. The summed E-state index contributed by atoms with van der Waals surface area (Å²) < 4.78 is 63.6. The Labute approximate surface area is 188 Å². The Morgan fingerprint density at radius 3 is 2.41 bits per heavy atom. The van der Waals surface area contributed by atoms with Gasteiger partial charge in [0.15, 0.2) is 0 Å². The predicted octanol–water partition coefficient (Wildman–Crippen LogP) is 1.62. The highest BCUT2D eigenvalue weighted by molar-refractivity contribution is 7.89. The molecule has 1 heterocycles. The van der Waals surface area contributed by atoms with Crippen molar-refractivity contribution in [3.63, 3.8) is 0 Å². The van der Waals surface area contributed by atoms with Crippen LogP contribution in [0.4, 0.5) is 0 Å². The molecular weight excluding hydrogens is 456 g/mol. The molecule has 0 N–H and O–H groups in total. The van der Waals surface area contributed by atoms with E-state index in [0.717, 1.165) is 4.31 Å². The first-order valence-electron chi connectivity index (χ1n) is 9.90. The number of carbonyl (C=O) groups is 1. The molecule has 174 valence electrons. The van der Waals surface area contributed by atoms with Gasteiger partial charge in [-0.05, 0) is 42.3 Å². The van der Waals surface area contributed by atoms with E-state index in [0.29, 0.717) is 24.3 Å². The maximum atomic E-state index is 13.0. The summed E-state index contributed by atoms with van der Waals surface area (Å²) in [6, 6.07) is 10.5. The van der Waals surface area contributed by atoms with E-state index in [-0.39, 0.29) is 35.1 Å². The fraction of sp³-hybridized carbons (Fsp3) is 0.381. The molecule has 0 atom stereocenters. The molecule has 1 aliphatic rings. The summed E-state index contributed by atoms with van der Waals surface area (Å²) in [5.41, 5.74) is 1.11. The molecule has 2 aromatic carbocycles. The van der Waals surface area contributed by atoms with Crippen LogP contribution in [0.1, 0.15) is 21.5 Å². The maximum absolute atomic E-state index is 13.0. The Morgan fingerprint density at radius 1 is 1.06 bits per heavy atom. The number of benzene rings is 2. The Balaban J connectivity index is 1.78. The lowest BCUT2D eigenvalue weighted by Gasteiger charge is -2.26. The van der Waals surface area contributed by atoms with Crippen LogP contribution < -0.4 is 0 Å². The number of morpholine rings is 1. The number of rotatable bonds is 7. The molecule has 0 radical (unpaired) electrons. The second kappa shape index (κ2) is 9.67. The quantitative estimate of drug-likeness (QED) is 0.552. The van der Waals surface area contributed by atoms with Crippen molar-refractivity contribution in [1.29, 1.82) is 0 Å². The number of nitrogens with zero attached hydrogens (tertiary/aromatic N) is 2. The molecule has 32 heavy (non-hydrogen) atoms. The molecule has 0 amide bonds. The van der Waals surface area contributed by atoms with Crippen molar-refractivity contribution in [3.8, 4) is 0 Å². The topological polar surface area (TPSA) is 110 Å². The second-order valence-electron chi connectivity index (χ2n) is 7.51. The van der Waals surface area contributed by atoms with Crippen LogP contribution in [0.15, 0.2) is 52.3 Å². The van der Waals surface area contributed by atoms with E-state index >= 15 is 0 Å². The summed E-state index contributed by atoms with van der Waals surface area (Å²) in [6.45, 7) is 2.66. The minimum absolute atomic E-state index is 0.0490. The third-order valence-electron chi connectivity index (χ3n) is 5.06. The molecule has 0 aromatic heterocycles. The molecule has 1 aliphatic heterocycles. The Morgan fingerprint density at radius 2 is 1.75 bits per heavy atom. The number of aryl methyl sites for hydroxylation is 1. The number of sulfonamides is 2. The van der Waals surface area contributed by atoms with Crippen LogP contribution in [0.25, 0.3) is 0 Å². The van der Waals surface area contributed by atoms with Gasteiger partial charge in [0.2, 0.25) is 20.0 Å².